The molecule has 1 aromatic carbocycles. The number of nitrogens with zero attached hydrogens (tertiary/aromatic N) is 2. The summed E-state index contributed by atoms with van der Waals surface area (Å²) >= 11 is 3.44. The Morgan fingerprint density at radius 2 is 1.96 bits per heavy atom. The first kappa shape index (κ1) is 15.1. The Morgan fingerprint density at radius 1 is 1.22 bits per heavy atom. The van der Waals surface area contributed by atoms with Crippen molar-refractivity contribution in [1.82, 2.24) is 10.2 Å². The third-order valence-electron chi connectivity index (χ3n) is 5.32. The highest BCUT2D eigenvalue weighted by atomic mass is 79.9. The lowest BCUT2D eigenvalue weighted by Crippen LogP contribution is -2.40. The third-order valence-corrected chi connectivity index (χ3v) is 5.82. The van der Waals surface area contributed by atoms with Gasteiger partial charge in [0, 0.05) is 42.9 Å². The average molecular weight is 378 g/mol. The summed E-state index contributed by atoms with van der Waals surface area (Å²) in [7, 11) is 0. The molecule has 3 aliphatic rings. The SMILES string of the molecule is O=C(C1CCN(c2cccc(Br)c2)C1=O)N1C[C@H]2CNC[C@H]2C1. The van der Waals surface area contributed by atoms with Gasteiger partial charge in [-0.25, -0.2) is 0 Å². The van der Waals surface area contributed by atoms with Crippen LogP contribution in [0.3, 0.4) is 0 Å². The van der Waals surface area contributed by atoms with Gasteiger partial charge in [0.25, 0.3) is 0 Å². The molecule has 0 aromatic heterocycles. The van der Waals surface area contributed by atoms with Crippen LogP contribution in [-0.2, 0) is 9.59 Å². The van der Waals surface area contributed by atoms with Crippen molar-refractivity contribution in [3.8, 4) is 0 Å². The van der Waals surface area contributed by atoms with Crippen LogP contribution in [0.25, 0.3) is 0 Å². The van der Waals surface area contributed by atoms with Crippen molar-refractivity contribution in [2.24, 2.45) is 17.8 Å². The lowest BCUT2D eigenvalue weighted by atomic mass is 10.0. The predicted octanol–water partition coefficient (Wildman–Crippen LogP) is 1.48. The summed E-state index contributed by atoms with van der Waals surface area (Å²) < 4.78 is 0.942. The molecule has 3 saturated heterocycles. The van der Waals surface area contributed by atoms with Gasteiger partial charge in [-0.15, -0.1) is 0 Å². The van der Waals surface area contributed by atoms with Crippen molar-refractivity contribution < 1.29 is 9.59 Å². The summed E-state index contributed by atoms with van der Waals surface area (Å²) in [4.78, 5) is 29.2. The van der Waals surface area contributed by atoms with Crippen LogP contribution >= 0.6 is 15.9 Å². The topological polar surface area (TPSA) is 52.7 Å². The first-order valence-electron chi connectivity index (χ1n) is 8.20. The van der Waals surface area contributed by atoms with Crippen LogP contribution in [0.1, 0.15) is 6.42 Å². The number of amides is 2. The van der Waals surface area contributed by atoms with Gasteiger partial charge in [0.1, 0.15) is 5.92 Å². The van der Waals surface area contributed by atoms with Gasteiger partial charge in [-0.2, -0.15) is 0 Å². The highest BCUT2D eigenvalue weighted by Crippen LogP contribution is 2.32. The van der Waals surface area contributed by atoms with E-state index >= 15 is 0 Å². The van der Waals surface area contributed by atoms with Crippen LogP contribution in [-0.4, -0.2) is 49.4 Å². The number of benzene rings is 1. The summed E-state index contributed by atoms with van der Waals surface area (Å²) in [6, 6.07) is 7.69. The molecule has 3 aliphatic heterocycles. The monoisotopic (exact) mass is 377 g/mol. The summed E-state index contributed by atoms with van der Waals surface area (Å²) in [6.45, 7) is 4.22. The maximum Gasteiger partial charge on any atom is 0.239 e. The molecule has 23 heavy (non-hydrogen) atoms. The summed E-state index contributed by atoms with van der Waals surface area (Å²) in [5, 5.41) is 3.38. The lowest BCUT2D eigenvalue weighted by molar-refractivity contribution is -0.139. The number of fused-ring (bicyclic) bond motifs is 1. The quantitative estimate of drug-likeness (QED) is 0.794. The fourth-order valence-electron chi connectivity index (χ4n) is 4.07. The predicted molar refractivity (Wildman–Crippen MR) is 91.0 cm³/mol. The normalized spacial score (nSPS) is 30.1. The fraction of sp³-hybridized carbons (Fsp3) is 0.529. The molecular weight excluding hydrogens is 358 g/mol. The zero-order chi connectivity index (χ0) is 16.0. The van der Waals surface area contributed by atoms with Crippen LogP contribution in [0.4, 0.5) is 5.69 Å². The molecular formula is C17H20BrN3O2. The molecule has 1 aromatic rings. The standard InChI is InChI=1S/C17H20BrN3O2/c18-13-2-1-3-14(6-13)21-5-4-15(17(21)23)16(22)20-9-11-7-19-8-12(11)10-20/h1-3,6,11-12,15,19H,4-5,7-10H2/t11-,12+,15?. The molecule has 5 nitrogen and oxygen atoms in total. The molecule has 3 heterocycles. The van der Waals surface area contributed by atoms with Crippen LogP contribution in [0, 0.1) is 17.8 Å². The van der Waals surface area contributed by atoms with E-state index in [1.54, 1.807) is 4.90 Å². The van der Waals surface area contributed by atoms with Gasteiger partial charge in [0.15, 0.2) is 0 Å². The Hall–Kier alpha value is -1.40. The van der Waals surface area contributed by atoms with Gasteiger partial charge in [-0.05, 0) is 36.5 Å². The second-order valence-corrected chi connectivity index (χ2v) is 7.65. The van der Waals surface area contributed by atoms with Crippen molar-refractivity contribution in [3.05, 3.63) is 28.7 Å². The van der Waals surface area contributed by atoms with E-state index in [0.29, 0.717) is 24.8 Å². The number of hydrogen-bond acceptors (Lipinski definition) is 3. The number of hydrogen-bond donors (Lipinski definition) is 1. The van der Waals surface area contributed by atoms with Crippen LogP contribution in [0.2, 0.25) is 0 Å². The summed E-state index contributed by atoms with van der Waals surface area (Å²) in [5.41, 5.74) is 0.863. The molecule has 4 rings (SSSR count). The van der Waals surface area contributed by atoms with Crippen molar-refractivity contribution in [1.29, 1.82) is 0 Å². The molecule has 1 N–H and O–H groups in total. The van der Waals surface area contributed by atoms with Gasteiger partial charge in [-0.3, -0.25) is 9.59 Å². The second-order valence-electron chi connectivity index (χ2n) is 6.73. The molecule has 3 atom stereocenters. The minimum Gasteiger partial charge on any atom is -0.341 e. The number of rotatable bonds is 2. The molecule has 122 valence electrons. The highest BCUT2D eigenvalue weighted by Gasteiger charge is 2.44. The maximum absolute atomic E-state index is 12.8. The Balaban J connectivity index is 1.46. The number of carbonyl (C=O) groups excluding carboxylic acids is 2. The lowest BCUT2D eigenvalue weighted by Gasteiger charge is -2.21. The van der Waals surface area contributed by atoms with Crippen molar-refractivity contribution in [2.75, 3.05) is 37.6 Å². The number of carbonyl (C=O) groups is 2. The first-order chi connectivity index (χ1) is 11.1. The van der Waals surface area contributed by atoms with E-state index in [2.05, 4.69) is 21.2 Å². The van der Waals surface area contributed by atoms with Crippen LogP contribution in [0.15, 0.2) is 28.7 Å². The molecule has 3 fully saturated rings. The smallest absolute Gasteiger partial charge is 0.239 e. The Labute approximate surface area is 144 Å². The molecule has 0 bridgehead atoms. The van der Waals surface area contributed by atoms with Gasteiger partial charge >= 0.3 is 0 Å². The van der Waals surface area contributed by atoms with E-state index in [9.17, 15) is 9.59 Å². The minimum absolute atomic E-state index is 0.0295. The highest BCUT2D eigenvalue weighted by molar-refractivity contribution is 9.10. The Bertz CT molecular complexity index is 638. The average Bonchev–Trinajstić information content (AvgIpc) is 3.20. The van der Waals surface area contributed by atoms with Gasteiger partial charge in [0.2, 0.25) is 11.8 Å². The van der Waals surface area contributed by atoms with Gasteiger partial charge in [-0.1, -0.05) is 22.0 Å². The zero-order valence-corrected chi connectivity index (χ0v) is 14.5. The van der Waals surface area contributed by atoms with E-state index in [0.717, 1.165) is 36.3 Å². The minimum atomic E-state index is -0.499. The molecule has 6 heteroatoms. The first-order valence-corrected chi connectivity index (χ1v) is 8.99. The summed E-state index contributed by atoms with van der Waals surface area (Å²) in [5.74, 6) is 0.610. The van der Waals surface area contributed by atoms with E-state index in [4.69, 9.17) is 0 Å². The van der Waals surface area contributed by atoms with Crippen molar-refractivity contribution in [3.63, 3.8) is 0 Å². The molecule has 0 saturated carbocycles. The van der Waals surface area contributed by atoms with E-state index in [1.165, 1.54) is 0 Å². The fourth-order valence-corrected chi connectivity index (χ4v) is 4.45. The van der Waals surface area contributed by atoms with E-state index in [1.807, 2.05) is 29.2 Å². The van der Waals surface area contributed by atoms with E-state index < -0.39 is 5.92 Å². The zero-order valence-electron chi connectivity index (χ0n) is 12.9. The number of nitrogens with one attached hydrogen (secondary N) is 1. The van der Waals surface area contributed by atoms with Gasteiger partial charge < -0.3 is 15.1 Å². The van der Waals surface area contributed by atoms with E-state index in [-0.39, 0.29) is 11.8 Å². The second kappa shape index (κ2) is 5.91. The van der Waals surface area contributed by atoms with Crippen molar-refractivity contribution in [2.45, 2.75) is 6.42 Å². The molecule has 2 amide bonds. The third kappa shape index (κ3) is 2.68. The number of halogens is 1. The Kier molecular flexibility index (Phi) is 3.89. The Morgan fingerprint density at radius 3 is 2.65 bits per heavy atom. The summed E-state index contributed by atoms with van der Waals surface area (Å²) in [6.07, 6.45) is 0.619. The molecule has 0 radical (unpaired) electrons. The van der Waals surface area contributed by atoms with Crippen molar-refractivity contribution >= 4 is 33.4 Å². The molecule has 0 spiro atoms. The molecule has 1 unspecified atom stereocenters. The molecule has 0 aliphatic carbocycles. The van der Waals surface area contributed by atoms with Crippen LogP contribution < -0.4 is 10.2 Å². The largest absolute Gasteiger partial charge is 0.341 e. The number of likely N-dealkylation sites (tertiary alicyclic amines) is 1. The maximum atomic E-state index is 12.8. The van der Waals surface area contributed by atoms with Gasteiger partial charge in [0.05, 0.1) is 0 Å². The number of anilines is 1. The van der Waals surface area contributed by atoms with Crippen LogP contribution in [0.5, 0.6) is 0 Å².